The van der Waals surface area contributed by atoms with Crippen molar-refractivity contribution in [3.63, 3.8) is 0 Å². The van der Waals surface area contributed by atoms with E-state index in [2.05, 4.69) is 4.98 Å². The van der Waals surface area contributed by atoms with Gasteiger partial charge >= 0.3 is 0 Å². The summed E-state index contributed by atoms with van der Waals surface area (Å²) in [6.45, 7) is 1.73. The number of halogens is 1. The monoisotopic (exact) mass is 343 g/mol. The number of hydrogen-bond donors (Lipinski definition) is 1. The average Bonchev–Trinajstić information content (AvgIpc) is 2.60. The minimum absolute atomic E-state index is 0.487. The first-order valence-electron chi connectivity index (χ1n) is 7.54. The maximum atomic E-state index is 10.2. The Labute approximate surface area is 145 Å². The van der Waals surface area contributed by atoms with Gasteiger partial charge in [-0.15, -0.1) is 0 Å². The van der Waals surface area contributed by atoms with Crippen LogP contribution in [-0.2, 0) is 0 Å². The highest BCUT2D eigenvalue weighted by Crippen LogP contribution is 2.35. The second-order valence-corrected chi connectivity index (χ2v) is 5.91. The Balaban J connectivity index is 2.22. The van der Waals surface area contributed by atoms with E-state index in [1.54, 1.807) is 27.2 Å². The molecule has 5 heteroatoms. The van der Waals surface area contributed by atoms with Gasteiger partial charge in [0.2, 0.25) is 0 Å². The second-order valence-electron chi connectivity index (χ2n) is 5.51. The van der Waals surface area contributed by atoms with Crippen LogP contribution in [0.4, 0.5) is 0 Å². The minimum atomic E-state index is -0.640. The van der Waals surface area contributed by atoms with E-state index in [-0.39, 0.29) is 0 Å². The summed E-state index contributed by atoms with van der Waals surface area (Å²) < 4.78 is 10.5. The molecule has 0 amide bonds. The fourth-order valence-electron chi connectivity index (χ4n) is 2.67. The quantitative estimate of drug-likeness (QED) is 0.750. The Morgan fingerprint density at radius 1 is 1.04 bits per heavy atom. The third-order valence-electron chi connectivity index (χ3n) is 3.95. The number of hydrogen-bond acceptors (Lipinski definition) is 4. The number of fused-ring (bicyclic) bond motifs is 1. The summed E-state index contributed by atoms with van der Waals surface area (Å²) >= 11 is 6.23. The molecule has 2 aromatic carbocycles. The van der Waals surface area contributed by atoms with Crippen LogP contribution in [0.5, 0.6) is 11.5 Å². The van der Waals surface area contributed by atoms with Gasteiger partial charge in [-0.3, -0.25) is 0 Å². The zero-order chi connectivity index (χ0) is 17.3. The molecule has 0 bridgehead atoms. The van der Waals surface area contributed by atoms with Crippen molar-refractivity contribution in [2.45, 2.75) is 13.0 Å². The lowest BCUT2D eigenvalue weighted by Crippen LogP contribution is -1.98. The van der Waals surface area contributed by atoms with E-state index in [0.717, 1.165) is 28.0 Å². The predicted octanol–water partition coefficient (Wildman–Crippen LogP) is 4.63. The first-order chi connectivity index (χ1) is 11.5. The van der Waals surface area contributed by atoms with Crippen LogP contribution in [0.3, 0.4) is 0 Å². The van der Waals surface area contributed by atoms with E-state index in [0.29, 0.717) is 16.3 Å². The lowest BCUT2D eigenvalue weighted by molar-refractivity contribution is 0.201. The number of benzene rings is 2. The van der Waals surface area contributed by atoms with E-state index in [4.69, 9.17) is 21.1 Å². The number of ether oxygens (including phenoxy) is 2. The van der Waals surface area contributed by atoms with Gasteiger partial charge < -0.3 is 14.6 Å². The zero-order valence-corrected chi connectivity index (χ0v) is 14.5. The van der Waals surface area contributed by atoms with E-state index < -0.39 is 6.10 Å². The maximum absolute atomic E-state index is 10.2. The van der Waals surface area contributed by atoms with Crippen molar-refractivity contribution in [1.29, 1.82) is 0 Å². The molecule has 124 valence electrons. The van der Waals surface area contributed by atoms with Crippen LogP contribution >= 0.6 is 11.6 Å². The van der Waals surface area contributed by atoms with Gasteiger partial charge in [0.15, 0.2) is 0 Å². The summed E-state index contributed by atoms with van der Waals surface area (Å²) in [5.41, 5.74) is 3.19. The summed E-state index contributed by atoms with van der Waals surface area (Å²) in [6.07, 6.45) is -0.640. The number of aliphatic hydroxyl groups is 1. The molecule has 24 heavy (non-hydrogen) atoms. The summed E-state index contributed by atoms with van der Waals surface area (Å²) in [5.74, 6) is 1.34. The SMILES string of the molecule is COc1ccc(-c2cc(C(C)O)c3cc(OC)c(Cl)cc3n2)cc1. The summed E-state index contributed by atoms with van der Waals surface area (Å²) in [5, 5.41) is 11.5. The van der Waals surface area contributed by atoms with Crippen molar-refractivity contribution in [1.82, 2.24) is 4.98 Å². The van der Waals surface area contributed by atoms with Crippen LogP contribution in [0, 0.1) is 0 Å². The fourth-order valence-corrected chi connectivity index (χ4v) is 2.90. The van der Waals surface area contributed by atoms with Gasteiger partial charge in [-0.1, -0.05) is 11.6 Å². The second kappa shape index (κ2) is 6.67. The third kappa shape index (κ3) is 3.03. The Kier molecular flexibility index (Phi) is 4.60. The molecule has 1 aromatic heterocycles. The van der Waals surface area contributed by atoms with Crippen LogP contribution in [-0.4, -0.2) is 24.3 Å². The third-order valence-corrected chi connectivity index (χ3v) is 4.25. The van der Waals surface area contributed by atoms with Crippen molar-refractivity contribution in [3.05, 3.63) is 53.1 Å². The van der Waals surface area contributed by atoms with Gasteiger partial charge in [0, 0.05) is 10.9 Å². The van der Waals surface area contributed by atoms with E-state index >= 15 is 0 Å². The Morgan fingerprint density at radius 3 is 2.33 bits per heavy atom. The number of pyridine rings is 1. The van der Waals surface area contributed by atoms with Crippen molar-refractivity contribution in [3.8, 4) is 22.8 Å². The number of aliphatic hydroxyl groups excluding tert-OH is 1. The average molecular weight is 344 g/mol. The predicted molar refractivity (Wildman–Crippen MR) is 95.9 cm³/mol. The maximum Gasteiger partial charge on any atom is 0.138 e. The van der Waals surface area contributed by atoms with Crippen LogP contribution in [0.2, 0.25) is 5.02 Å². The van der Waals surface area contributed by atoms with Crippen molar-refractivity contribution in [2.24, 2.45) is 0 Å². The highest BCUT2D eigenvalue weighted by atomic mass is 35.5. The molecule has 3 rings (SSSR count). The van der Waals surface area contributed by atoms with Crippen LogP contribution in [0.25, 0.3) is 22.2 Å². The molecule has 0 fully saturated rings. The molecule has 1 N–H and O–H groups in total. The van der Waals surface area contributed by atoms with Crippen molar-refractivity contribution >= 4 is 22.5 Å². The summed E-state index contributed by atoms with van der Waals surface area (Å²) in [4.78, 5) is 4.69. The Hall–Kier alpha value is -2.30. The van der Waals surface area contributed by atoms with E-state index in [1.807, 2.05) is 36.4 Å². The summed E-state index contributed by atoms with van der Waals surface area (Å²) in [6, 6.07) is 13.1. The molecule has 0 aliphatic heterocycles. The molecule has 0 aliphatic rings. The lowest BCUT2D eigenvalue weighted by Gasteiger charge is -2.14. The van der Waals surface area contributed by atoms with Crippen LogP contribution in [0.15, 0.2) is 42.5 Å². The van der Waals surface area contributed by atoms with Crippen LogP contribution in [0.1, 0.15) is 18.6 Å². The highest BCUT2D eigenvalue weighted by molar-refractivity contribution is 6.32. The molecular formula is C19H18ClNO3. The molecule has 3 aromatic rings. The minimum Gasteiger partial charge on any atom is -0.497 e. The zero-order valence-electron chi connectivity index (χ0n) is 13.7. The van der Waals surface area contributed by atoms with Crippen molar-refractivity contribution in [2.75, 3.05) is 14.2 Å². The molecule has 4 nitrogen and oxygen atoms in total. The highest BCUT2D eigenvalue weighted by Gasteiger charge is 2.14. The number of rotatable bonds is 4. The molecule has 1 atom stereocenters. The molecule has 0 saturated heterocycles. The molecule has 0 spiro atoms. The normalized spacial score (nSPS) is 12.2. The van der Waals surface area contributed by atoms with Crippen LogP contribution < -0.4 is 9.47 Å². The molecule has 0 saturated carbocycles. The smallest absolute Gasteiger partial charge is 0.138 e. The molecule has 1 heterocycles. The molecule has 1 unspecified atom stereocenters. The molecular weight excluding hydrogens is 326 g/mol. The Morgan fingerprint density at radius 2 is 1.75 bits per heavy atom. The molecule has 0 radical (unpaired) electrons. The van der Waals surface area contributed by atoms with E-state index in [9.17, 15) is 5.11 Å². The fraction of sp³-hybridized carbons (Fsp3) is 0.211. The van der Waals surface area contributed by atoms with E-state index in [1.165, 1.54) is 0 Å². The topological polar surface area (TPSA) is 51.6 Å². The van der Waals surface area contributed by atoms with Gasteiger partial charge in [-0.2, -0.15) is 0 Å². The first kappa shape index (κ1) is 16.6. The number of aromatic nitrogens is 1. The Bertz CT molecular complexity index is 876. The summed E-state index contributed by atoms with van der Waals surface area (Å²) in [7, 11) is 3.19. The van der Waals surface area contributed by atoms with Gasteiger partial charge in [-0.25, -0.2) is 4.98 Å². The largest absolute Gasteiger partial charge is 0.497 e. The number of nitrogens with zero attached hydrogens (tertiary/aromatic N) is 1. The van der Waals surface area contributed by atoms with Gasteiger partial charge in [0.25, 0.3) is 0 Å². The van der Waals surface area contributed by atoms with Gasteiger partial charge in [0.05, 0.1) is 36.6 Å². The van der Waals surface area contributed by atoms with Gasteiger partial charge in [-0.05, 0) is 55.0 Å². The van der Waals surface area contributed by atoms with Crippen molar-refractivity contribution < 1.29 is 14.6 Å². The van der Waals surface area contributed by atoms with Gasteiger partial charge in [0.1, 0.15) is 11.5 Å². The molecule has 0 aliphatic carbocycles. The first-order valence-corrected chi connectivity index (χ1v) is 7.92. The number of methoxy groups -OCH3 is 2. The standard InChI is InChI=1S/C19H18ClNO3/c1-11(22)14-8-17(12-4-6-13(23-2)7-5-12)21-18-10-16(20)19(24-3)9-15(14)18/h4-11,22H,1-3H3. The lowest BCUT2D eigenvalue weighted by atomic mass is 10.0.